The van der Waals surface area contributed by atoms with Gasteiger partial charge in [-0.1, -0.05) is 55.7 Å². The van der Waals surface area contributed by atoms with Gasteiger partial charge in [0.1, 0.15) is 0 Å². The van der Waals surface area contributed by atoms with E-state index in [1.165, 1.54) is 19.3 Å². The van der Waals surface area contributed by atoms with E-state index in [-0.39, 0.29) is 12.1 Å². The number of urea groups is 1. The van der Waals surface area contributed by atoms with Crippen molar-refractivity contribution in [3.8, 4) is 0 Å². The monoisotopic (exact) mass is 446 g/mol. The molecule has 7 heteroatoms. The highest BCUT2D eigenvalue weighted by atomic mass is 16.6. The fourth-order valence-corrected chi connectivity index (χ4v) is 4.93. The zero-order valence-electron chi connectivity index (χ0n) is 18.8. The molecule has 0 radical (unpaired) electrons. The summed E-state index contributed by atoms with van der Waals surface area (Å²) in [6.07, 6.45) is 9.28. The number of piperidine rings is 1. The van der Waals surface area contributed by atoms with E-state index in [2.05, 4.69) is 20.5 Å². The van der Waals surface area contributed by atoms with Gasteiger partial charge in [-0.15, -0.1) is 0 Å². The summed E-state index contributed by atoms with van der Waals surface area (Å²) in [6.45, 7) is 1.51. The van der Waals surface area contributed by atoms with E-state index in [1.54, 1.807) is 6.20 Å². The van der Waals surface area contributed by atoms with E-state index in [9.17, 15) is 9.59 Å². The Kier molecular flexibility index (Phi) is 6.28. The summed E-state index contributed by atoms with van der Waals surface area (Å²) < 4.78 is 5.51. The van der Waals surface area contributed by atoms with Crippen LogP contribution in [0.25, 0.3) is 10.8 Å². The van der Waals surface area contributed by atoms with Gasteiger partial charge in [-0.2, -0.15) is 0 Å². The molecule has 2 heterocycles. The summed E-state index contributed by atoms with van der Waals surface area (Å²) in [5.74, 6) is -0.0796. The molecule has 2 fully saturated rings. The number of amides is 2. The lowest BCUT2D eigenvalue weighted by molar-refractivity contribution is -0.130. The largest absolute Gasteiger partial charge is 0.402 e. The van der Waals surface area contributed by atoms with E-state index in [4.69, 9.17) is 4.74 Å². The fourth-order valence-electron chi connectivity index (χ4n) is 4.93. The van der Waals surface area contributed by atoms with Gasteiger partial charge >= 0.3 is 12.0 Å². The zero-order chi connectivity index (χ0) is 22.6. The van der Waals surface area contributed by atoms with Crippen LogP contribution in [-0.2, 0) is 9.53 Å². The summed E-state index contributed by atoms with van der Waals surface area (Å²) in [4.78, 5) is 31.4. The maximum atomic E-state index is 12.5. The minimum absolute atomic E-state index is 0.0533. The number of fused-ring (bicyclic) bond motifs is 1. The van der Waals surface area contributed by atoms with Crippen LogP contribution < -0.4 is 10.6 Å². The number of rotatable bonds is 4. The molecule has 0 aromatic heterocycles. The van der Waals surface area contributed by atoms with E-state index in [1.807, 2.05) is 42.5 Å². The first-order valence-corrected chi connectivity index (χ1v) is 12.0. The van der Waals surface area contributed by atoms with Gasteiger partial charge in [-0.25, -0.2) is 14.6 Å². The molecule has 2 N–H and O–H groups in total. The molecule has 5 rings (SSSR count). The molecule has 0 unspecified atom stereocenters. The average Bonchev–Trinajstić information content (AvgIpc) is 3.20. The number of esters is 1. The van der Waals surface area contributed by atoms with Crippen molar-refractivity contribution >= 4 is 28.7 Å². The van der Waals surface area contributed by atoms with Gasteiger partial charge in [-0.3, -0.25) is 0 Å². The molecule has 2 aliphatic heterocycles. The lowest BCUT2D eigenvalue weighted by Gasteiger charge is -2.32. The second kappa shape index (κ2) is 9.65. The van der Waals surface area contributed by atoms with Gasteiger partial charge in [0.2, 0.25) is 5.90 Å². The number of cyclic esters (lactones) is 1. The van der Waals surface area contributed by atoms with Crippen LogP contribution in [0.1, 0.15) is 50.5 Å². The van der Waals surface area contributed by atoms with Crippen LogP contribution in [0.2, 0.25) is 0 Å². The number of ether oxygens (including phenoxy) is 1. The molecule has 2 aromatic rings. The summed E-state index contributed by atoms with van der Waals surface area (Å²) in [5.41, 5.74) is 1.14. The molecular weight excluding hydrogens is 416 g/mol. The molecule has 1 saturated carbocycles. The Bertz CT molecular complexity index is 1090. The summed E-state index contributed by atoms with van der Waals surface area (Å²) in [5, 5.41) is 8.32. The maximum absolute atomic E-state index is 12.5. The number of nitrogens with one attached hydrogen (secondary N) is 2. The SMILES string of the molecule is O=C(NC1CCCCC1)NC1CCN(C=C2N=C(c3cccc4ccccc34)OC2=O)CC1. The van der Waals surface area contributed by atoms with Crippen LogP contribution in [0.3, 0.4) is 0 Å². The number of hydrogen-bond acceptors (Lipinski definition) is 5. The zero-order valence-corrected chi connectivity index (χ0v) is 18.8. The van der Waals surface area contributed by atoms with Crippen molar-refractivity contribution in [3.05, 3.63) is 59.9 Å². The standard InChI is InChI=1S/C26H30N4O3/c31-25-23(29-24(33-25)22-12-6-8-18-7-4-5-11-21(18)22)17-30-15-13-20(14-16-30)28-26(32)27-19-9-2-1-3-10-19/h4-8,11-12,17,19-20H,1-3,9-10,13-16H2,(H2,27,28,32). The predicted molar refractivity (Wildman–Crippen MR) is 128 cm³/mol. The summed E-state index contributed by atoms with van der Waals surface area (Å²) in [6, 6.07) is 14.3. The molecule has 1 aliphatic carbocycles. The fraction of sp³-hybridized carbons (Fsp3) is 0.423. The van der Waals surface area contributed by atoms with Crippen LogP contribution in [0.5, 0.6) is 0 Å². The normalized spacial score (nSPS) is 21.2. The van der Waals surface area contributed by atoms with Gasteiger partial charge in [0, 0.05) is 36.9 Å². The number of benzene rings is 2. The number of aliphatic imine (C=N–C) groups is 1. The molecule has 7 nitrogen and oxygen atoms in total. The van der Waals surface area contributed by atoms with Crippen LogP contribution in [-0.4, -0.2) is 48.0 Å². The first-order chi connectivity index (χ1) is 16.2. The second-order valence-corrected chi connectivity index (χ2v) is 9.11. The summed E-state index contributed by atoms with van der Waals surface area (Å²) in [7, 11) is 0. The third-order valence-electron chi connectivity index (χ3n) is 6.75. The minimum atomic E-state index is -0.426. The highest BCUT2D eigenvalue weighted by Gasteiger charge is 2.27. The van der Waals surface area contributed by atoms with Gasteiger partial charge in [0.25, 0.3) is 0 Å². The van der Waals surface area contributed by atoms with Crippen LogP contribution >= 0.6 is 0 Å². The van der Waals surface area contributed by atoms with E-state index < -0.39 is 5.97 Å². The Hall–Kier alpha value is -3.35. The first-order valence-electron chi connectivity index (χ1n) is 12.0. The molecule has 1 saturated heterocycles. The number of likely N-dealkylation sites (tertiary alicyclic amines) is 1. The smallest absolute Gasteiger partial charge is 0.365 e. The molecule has 2 aromatic carbocycles. The molecule has 0 bridgehead atoms. The number of carbonyl (C=O) groups excluding carboxylic acids is 2. The number of nitrogens with zero attached hydrogens (tertiary/aromatic N) is 2. The average molecular weight is 447 g/mol. The van der Waals surface area contributed by atoms with E-state index in [0.717, 1.165) is 55.1 Å². The first kappa shape index (κ1) is 21.5. The van der Waals surface area contributed by atoms with E-state index in [0.29, 0.717) is 17.6 Å². The molecule has 2 amide bonds. The van der Waals surface area contributed by atoms with Crippen molar-refractivity contribution in [2.75, 3.05) is 13.1 Å². The van der Waals surface area contributed by atoms with Crippen LogP contribution in [0.4, 0.5) is 4.79 Å². The number of hydrogen-bond donors (Lipinski definition) is 2. The maximum Gasteiger partial charge on any atom is 0.365 e. The van der Waals surface area contributed by atoms with Crippen molar-refractivity contribution in [3.63, 3.8) is 0 Å². The van der Waals surface area contributed by atoms with Gasteiger partial charge in [0.05, 0.1) is 0 Å². The highest BCUT2D eigenvalue weighted by molar-refractivity contribution is 6.16. The Morgan fingerprint density at radius 1 is 0.939 bits per heavy atom. The van der Waals surface area contributed by atoms with Crippen molar-refractivity contribution < 1.29 is 14.3 Å². The van der Waals surface area contributed by atoms with Crippen molar-refractivity contribution in [1.29, 1.82) is 0 Å². The Morgan fingerprint density at radius 3 is 2.42 bits per heavy atom. The van der Waals surface area contributed by atoms with Crippen molar-refractivity contribution in [1.82, 2.24) is 15.5 Å². The quantitative estimate of drug-likeness (QED) is 0.548. The van der Waals surface area contributed by atoms with Crippen LogP contribution in [0, 0.1) is 0 Å². The summed E-state index contributed by atoms with van der Waals surface area (Å²) >= 11 is 0. The van der Waals surface area contributed by atoms with Crippen LogP contribution in [0.15, 0.2) is 59.4 Å². The lowest BCUT2D eigenvalue weighted by Crippen LogP contribution is -2.49. The van der Waals surface area contributed by atoms with Gasteiger partial charge < -0.3 is 20.3 Å². The van der Waals surface area contributed by atoms with Gasteiger partial charge in [-0.05, 0) is 42.5 Å². The molecule has 33 heavy (non-hydrogen) atoms. The molecule has 0 atom stereocenters. The lowest BCUT2D eigenvalue weighted by atomic mass is 9.96. The molecule has 3 aliphatic rings. The molecular formula is C26H30N4O3. The Morgan fingerprint density at radius 2 is 1.64 bits per heavy atom. The third kappa shape index (κ3) is 5.02. The second-order valence-electron chi connectivity index (χ2n) is 9.11. The number of carbonyl (C=O) groups is 2. The highest BCUT2D eigenvalue weighted by Crippen LogP contribution is 2.24. The minimum Gasteiger partial charge on any atom is -0.402 e. The molecule has 0 spiro atoms. The Labute approximate surface area is 193 Å². The third-order valence-corrected chi connectivity index (χ3v) is 6.75. The van der Waals surface area contributed by atoms with Crippen molar-refractivity contribution in [2.24, 2.45) is 4.99 Å². The molecule has 172 valence electrons. The topological polar surface area (TPSA) is 83.0 Å². The Balaban J connectivity index is 1.18. The van der Waals surface area contributed by atoms with Gasteiger partial charge in [0.15, 0.2) is 5.70 Å². The van der Waals surface area contributed by atoms with E-state index >= 15 is 0 Å². The van der Waals surface area contributed by atoms with Crippen molar-refractivity contribution in [2.45, 2.75) is 57.0 Å². The predicted octanol–water partition coefficient (Wildman–Crippen LogP) is 4.08.